The summed E-state index contributed by atoms with van der Waals surface area (Å²) < 4.78 is 18.7. The molecule has 2 aromatic rings. The quantitative estimate of drug-likeness (QED) is 0.766. The van der Waals surface area contributed by atoms with Crippen LogP contribution in [0.3, 0.4) is 0 Å². The molecule has 0 aliphatic heterocycles. The zero-order chi connectivity index (χ0) is 18.8. The van der Waals surface area contributed by atoms with Crippen LogP contribution in [0.25, 0.3) is 0 Å². The molecule has 0 radical (unpaired) electrons. The number of halogens is 1. The highest BCUT2D eigenvalue weighted by atomic mass is 19.1. The van der Waals surface area contributed by atoms with Gasteiger partial charge in [-0.3, -0.25) is 14.4 Å². The summed E-state index contributed by atoms with van der Waals surface area (Å²) in [7, 11) is 1.34. The molecule has 2 amide bonds. The first-order chi connectivity index (χ1) is 12.4. The minimum absolute atomic E-state index is 0.0493. The highest BCUT2D eigenvalue weighted by molar-refractivity contribution is 5.95. The van der Waals surface area contributed by atoms with Gasteiger partial charge in [-0.05, 0) is 49.1 Å². The van der Waals surface area contributed by atoms with Crippen molar-refractivity contribution in [2.24, 2.45) is 5.73 Å². The number of primary amides is 1. The Balaban J connectivity index is 1.89. The number of rotatable bonds is 4. The van der Waals surface area contributed by atoms with Gasteiger partial charge in [-0.25, -0.2) is 4.39 Å². The van der Waals surface area contributed by atoms with Gasteiger partial charge in [0.2, 0.25) is 0 Å². The van der Waals surface area contributed by atoms with Crippen molar-refractivity contribution in [3.05, 3.63) is 62.8 Å². The van der Waals surface area contributed by atoms with Crippen molar-refractivity contribution in [1.29, 1.82) is 0 Å². The minimum atomic E-state index is -0.832. The molecule has 0 saturated carbocycles. The van der Waals surface area contributed by atoms with E-state index >= 15 is 0 Å². The van der Waals surface area contributed by atoms with Crippen LogP contribution in [0, 0.1) is 5.82 Å². The van der Waals surface area contributed by atoms with Crippen LogP contribution in [0.15, 0.2) is 29.1 Å². The number of H-pyrrole nitrogens is 1. The molecule has 26 heavy (non-hydrogen) atoms. The van der Waals surface area contributed by atoms with Gasteiger partial charge in [0.15, 0.2) is 11.6 Å². The van der Waals surface area contributed by atoms with E-state index in [4.69, 9.17) is 10.5 Å². The topological polar surface area (TPSA) is 114 Å². The summed E-state index contributed by atoms with van der Waals surface area (Å²) in [4.78, 5) is 38.4. The molecular formula is C18H18FN3O4. The summed E-state index contributed by atoms with van der Waals surface area (Å²) in [6, 6.07) is 4.95. The van der Waals surface area contributed by atoms with Gasteiger partial charge in [0.25, 0.3) is 17.4 Å². The molecule has 0 spiro atoms. The van der Waals surface area contributed by atoms with Crippen molar-refractivity contribution >= 4 is 11.8 Å². The molecule has 8 heteroatoms. The lowest BCUT2D eigenvalue weighted by Crippen LogP contribution is -2.34. The zero-order valence-corrected chi connectivity index (χ0v) is 14.1. The average molecular weight is 359 g/mol. The number of carbonyl (C=O) groups is 2. The van der Waals surface area contributed by atoms with Gasteiger partial charge in [-0.15, -0.1) is 0 Å². The summed E-state index contributed by atoms with van der Waals surface area (Å²) in [6.07, 6.45) is 2.01. The lowest BCUT2D eigenvalue weighted by Gasteiger charge is -2.26. The highest BCUT2D eigenvalue weighted by Gasteiger charge is 2.25. The number of pyridine rings is 1. The van der Waals surface area contributed by atoms with Gasteiger partial charge >= 0.3 is 0 Å². The summed E-state index contributed by atoms with van der Waals surface area (Å²) in [5.41, 5.74) is 5.99. The number of methoxy groups -OCH3 is 1. The van der Waals surface area contributed by atoms with E-state index < -0.39 is 29.2 Å². The number of aromatic nitrogens is 1. The third kappa shape index (κ3) is 3.30. The molecule has 1 aromatic heterocycles. The number of carbonyl (C=O) groups excluding carboxylic acids is 2. The lowest BCUT2D eigenvalue weighted by atomic mass is 9.90. The van der Waals surface area contributed by atoms with Gasteiger partial charge in [0.05, 0.1) is 13.2 Å². The number of nitrogens with one attached hydrogen (secondary N) is 2. The number of aryl methyl sites for hydroxylation is 1. The Morgan fingerprint density at radius 1 is 1.35 bits per heavy atom. The summed E-state index contributed by atoms with van der Waals surface area (Å²) >= 11 is 0. The maximum atomic E-state index is 13.8. The second-order valence-corrected chi connectivity index (χ2v) is 6.08. The smallest absolute Gasteiger partial charge is 0.261 e. The third-order valence-corrected chi connectivity index (χ3v) is 4.44. The fourth-order valence-electron chi connectivity index (χ4n) is 3.12. The summed E-state index contributed by atoms with van der Waals surface area (Å²) in [6.45, 7) is 0. The lowest BCUT2D eigenvalue weighted by molar-refractivity contribution is 0.0931. The highest BCUT2D eigenvalue weighted by Crippen LogP contribution is 2.29. The van der Waals surface area contributed by atoms with Gasteiger partial charge in [-0.1, -0.05) is 0 Å². The zero-order valence-electron chi connectivity index (χ0n) is 14.1. The molecule has 4 N–H and O–H groups in total. The SMILES string of the molecule is COc1ccc(C(=O)NC2CCCc3[nH]c(=O)c(C(N)=O)cc32)cc1F. The number of fused-ring (bicyclic) bond motifs is 1. The van der Waals surface area contributed by atoms with Crippen LogP contribution in [0.2, 0.25) is 0 Å². The van der Waals surface area contributed by atoms with Crippen molar-refractivity contribution in [3.8, 4) is 5.75 Å². The number of ether oxygens (including phenoxy) is 1. The van der Waals surface area contributed by atoms with Crippen LogP contribution in [-0.4, -0.2) is 23.9 Å². The van der Waals surface area contributed by atoms with E-state index in [9.17, 15) is 18.8 Å². The van der Waals surface area contributed by atoms with Crippen molar-refractivity contribution in [3.63, 3.8) is 0 Å². The monoisotopic (exact) mass is 359 g/mol. The maximum absolute atomic E-state index is 13.8. The van der Waals surface area contributed by atoms with E-state index in [1.807, 2.05) is 0 Å². The maximum Gasteiger partial charge on any atom is 0.261 e. The second-order valence-electron chi connectivity index (χ2n) is 6.08. The molecule has 1 aromatic carbocycles. The fraction of sp³-hybridized carbons (Fsp3) is 0.278. The van der Waals surface area contributed by atoms with Crippen LogP contribution in [0.4, 0.5) is 4.39 Å². The fourth-order valence-corrected chi connectivity index (χ4v) is 3.12. The number of nitrogens with two attached hydrogens (primary N) is 1. The van der Waals surface area contributed by atoms with E-state index in [-0.39, 0.29) is 16.9 Å². The normalized spacial score (nSPS) is 15.8. The van der Waals surface area contributed by atoms with Crippen molar-refractivity contribution in [2.75, 3.05) is 7.11 Å². The largest absolute Gasteiger partial charge is 0.494 e. The number of hydrogen-bond acceptors (Lipinski definition) is 4. The van der Waals surface area contributed by atoms with Crippen LogP contribution >= 0.6 is 0 Å². The van der Waals surface area contributed by atoms with Gasteiger partial charge < -0.3 is 20.8 Å². The van der Waals surface area contributed by atoms with Crippen molar-refractivity contribution < 1.29 is 18.7 Å². The Kier molecular flexibility index (Phi) is 4.75. The van der Waals surface area contributed by atoms with Crippen molar-refractivity contribution in [2.45, 2.75) is 25.3 Å². The molecule has 7 nitrogen and oxygen atoms in total. The molecule has 1 heterocycles. The summed E-state index contributed by atoms with van der Waals surface area (Å²) in [5, 5.41) is 2.82. The van der Waals surface area contributed by atoms with E-state index in [2.05, 4.69) is 10.3 Å². The average Bonchev–Trinajstić information content (AvgIpc) is 2.61. The molecule has 0 bridgehead atoms. The van der Waals surface area contributed by atoms with E-state index in [0.717, 1.165) is 12.5 Å². The molecule has 1 aliphatic carbocycles. The first-order valence-corrected chi connectivity index (χ1v) is 8.11. The van der Waals surface area contributed by atoms with E-state index in [1.54, 1.807) is 0 Å². The third-order valence-electron chi connectivity index (χ3n) is 4.44. The predicted octanol–water partition coefficient (Wildman–Crippen LogP) is 1.43. The summed E-state index contributed by atoms with van der Waals surface area (Å²) in [5.74, 6) is -1.88. The van der Waals surface area contributed by atoms with Gasteiger partial charge in [-0.2, -0.15) is 0 Å². The Bertz CT molecular complexity index is 939. The van der Waals surface area contributed by atoms with Gasteiger partial charge in [0.1, 0.15) is 5.56 Å². The predicted molar refractivity (Wildman–Crippen MR) is 91.7 cm³/mol. The standard InChI is InChI=1S/C18H18FN3O4/c1-26-15-6-5-9(7-12(15)19)17(24)21-13-3-2-4-14-10(13)8-11(16(20)23)18(25)22-14/h5-8,13H,2-4H2,1H3,(H2,20,23)(H,21,24)(H,22,25). The minimum Gasteiger partial charge on any atom is -0.494 e. The Morgan fingerprint density at radius 3 is 2.77 bits per heavy atom. The molecule has 0 fully saturated rings. The van der Waals surface area contributed by atoms with Gasteiger partial charge in [0, 0.05) is 11.3 Å². The Hall–Kier alpha value is -3.16. The number of aromatic amines is 1. The van der Waals surface area contributed by atoms with Crippen LogP contribution in [0.5, 0.6) is 5.75 Å². The molecule has 0 saturated heterocycles. The molecule has 136 valence electrons. The van der Waals surface area contributed by atoms with Crippen LogP contribution < -0.4 is 21.3 Å². The first-order valence-electron chi connectivity index (χ1n) is 8.11. The molecule has 1 aliphatic rings. The van der Waals surface area contributed by atoms with Crippen molar-refractivity contribution in [1.82, 2.24) is 10.3 Å². The number of hydrogen-bond donors (Lipinski definition) is 3. The van der Waals surface area contributed by atoms with E-state index in [0.29, 0.717) is 24.1 Å². The second kappa shape index (κ2) is 6.99. The molecular weight excluding hydrogens is 341 g/mol. The molecule has 1 atom stereocenters. The van der Waals surface area contributed by atoms with Crippen LogP contribution in [-0.2, 0) is 6.42 Å². The van der Waals surface area contributed by atoms with Crippen LogP contribution in [0.1, 0.15) is 50.9 Å². The number of amides is 2. The number of benzene rings is 1. The Morgan fingerprint density at radius 2 is 2.12 bits per heavy atom. The molecule has 3 rings (SSSR count). The Labute approximate surface area is 148 Å². The molecule has 1 unspecified atom stereocenters. The van der Waals surface area contributed by atoms with E-state index in [1.165, 1.54) is 25.3 Å². The first kappa shape index (κ1) is 17.7.